The van der Waals surface area contributed by atoms with Crippen LogP contribution in [-0.4, -0.2) is 104 Å². The second-order valence-corrected chi connectivity index (χ2v) is 11.1. The van der Waals surface area contributed by atoms with Crippen molar-refractivity contribution in [1.82, 2.24) is 10.6 Å². The summed E-state index contributed by atoms with van der Waals surface area (Å²) in [6, 6.07) is 4.13. The van der Waals surface area contributed by atoms with Gasteiger partial charge in [-0.2, -0.15) is 0 Å². The topological polar surface area (TPSA) is 221 Å². The molecule has 17 heteroatoms. The van der Waals surface area contributed by atoms with Gasteiger partial charge in [0.1, 0.15) is 18.1 Å². The van der Waals surface area contributed by atoms with E-state index in [-0.39, 0.29) is 31.2 Å². The van der Waals surface area contributed by atoms with Crippen molar-refractivity contribution in [3.8, 4) is 5.75 Å². The Morgan fingerprint density at radius 2 is 1.51 bits per heavy atom. The van der Waals surface area contributed by atoms with E-state index < -0.39 is 78.8 Å². The molecule has 0 aliphatic carbocycles. The van der Waals surface area contributed by atoms with Crippen molar-refractivity contribution in [2.24, 2.45) is 0 Å². The summed E-state index contributed by atoms with van der Waals surface area (Å²) >= 11 is 0. The highest BCUT2D eigenvalue weighted by Gasteiger charge is 2.56. The minimum Gasteiger partial charge on any atom is -0.467 e. The Morgan fingerprint density at radius 1 is 0.894 bits per heavy atom. The first-order valence-electron chi connectivity index (χ1n) is 14.5. The number of aliphatic hydroxyl groups excluding tert-OH is 1. The summed E-state index contributed by atoms with van der Waals surface area (Å²) in [4.78, 5) is 73.7. The molecule has 0 radical (unpaired) electrons. The van der Waals surface area contributed by atoms with Crippen molar-refractivity contribution in [2.75, 3.05) is 27.0 Å². The van der Waals surface area contributed by atoms with E-state index in [1.54, 1.807) is 20.8 Å². The molecule has 1 aliphatic rings. The van der Waals surface area contributed by atoms with Gasteiger partial charge in [-0.3, -0.25) is 24.5 Å². The van der Waals surface area contributed by atoms with Crippen LogP contribution >= 0.6 is 0 Å². The number of hydrogen-bond acceptors (Lipinski definition) is 15. The van der Waals surface area contributed by atoms with Gasteiger partial charge in [-0.05, 0) is 44.9 Å². The molecule has 47 heavy (non-hydrogen) atoms. The third-order valence-electron chi connectivity index (χ3n) is 6.02. The molecule has 0 bridgehead atoms. The van der Waals surface area contributed by atoms with Gasteiger partial charge >= 0.3 is 30.0 Å². The van der Waals surface area contributed by atoms with E-state index in [0.29, 0.717) is 12.0 Å². The normalized spacial score (nSPS) is 20.6. The molecule has 0 saturated carbocycles. The molecule has 2 rings (SSSR count). The van der Waals surface area contributed by atoms with Crippen molar-refractivity contribution < 1.29 is 71.8 Å². The molecule has 262 valence electrons. The number of carbonyl (C=O) groups is 6. The number of amides is 2. The van der Waals surface area contributed by atoms with Crippen molar-refractivity contribution >= 4 is 35.9 Å². The van der Waals surface area contributed by atoms with Crippen LogP contribution in [0.4, 0.5) is 4.79 Å². The molecular weight excluding hydrogens is 628 g/mol. The average molecular weight is 671 g/mol. The van der Waals surface area contributed by atoms with Gasteiger partial charge in [0, 0.05) is 27.3 Å². The third kappa shape index (κ3) is 12.7. The predicted molar refractivity (Wildman–Crippen MR) is 157 cm³/mol. The van der Waals surface area contributed by atoms with Crippen LogP contribution in [0.15, 0.2) is 18.2 Å². The maximum Gasteiger partial charge on any atom is 0.409 e. The first-order valence-corrected chi connectivity index (χ1v) is 14.5. The molecule has 1 aromatic carbocycles. The van der Waals surface area contributed by atoms with Crippen LogP contribution in [-0.2, 0) is 58.9 Å². The number of hydrogen-bond donors (Lipinski definition) is 3. The number of rotatable bonds is 14. The van der Waals surface area contributed by atoms with Gasteiger partial charge in [0.15, 0.2) is 18.3 Å². The number of benzene rings is 1. The Bertz CT molecular complexity index is 1280. The number of methoxy groups -OCH3 is 1. The lowest BCUT2D eigenvalue weighted by atomic mass is 9.97. The average Bonchev–Trinajstić information content (AvgIpc) is 2.97. The van der Waals surface area contributed by atoms with E-state index in [2.05, 4.69) is 10.6 Å². The van der Waals surface area contributed by atoms with Crippen LogP contribution in [0.3, 0.4) is 0 Å². The SMILES string of the molecule is COC(=O)[C@H]1O[C@@H](Oc2ccc(CO)cc2C(=O)NCCCOCNC(=O)OC(C)(C)C)[C@H](OC(C)=O)[C@@H](OC(C)=O)[C@@H]1OC(C)=O. The molecule has 0 unspecified atom stereocenters. The van der Waals surface area contributed by atoms with E-state index in [1.807, 2.05) is 0 Å². The minimum atomic E-state index is -1.70. The van der Waals surface area contributed by atoms with Crippen LogP contribution < -0.4 is 15.4 Å². The Morgan fingerprint density at radius 3 is 2.09 bits per heavy atom. The number of carbonyl (C=O) groups excluding carboxylic acids is 6. The minimum absolute atomic E-state index is 0.0741. The molecule has 0 aromatic heterocycles. The lowest BCUT2D eigenvalue weighted by molar-refractivity contribution is -0.282. The number of aliphatic hydroxyl groups is 1. The Balaban J connectivity index is 2.25. The fourth-order valence-electron chi connectivity index (χ4n) is 4.22. The van der Waals surface area contributed by atoms with Gasteiger partial charge in [-0.1, -0.05) is 6.07 Å². The first kappa shape index (κ1) is 38.7. The zero-order chi connectivity index (χ0) is 35.3. The first-order chi connectivity index (χ1) is 22.1. The summed E-state index contributed by atoms with van der Waals surface area (Å²) in [6.45, 7) is 8.10. The number of alkyl carbamates (subject to hydrolysis) is 1. The molecule has 1 heterocycles. The Kier molecular flexibility index (Phi) is 14.8. The Hall–Kier alpha value is -4.48. The van der Waals surface area contributed by atoms with Gasteiger partial charge in [-0.15, -0.1) is 0 Å². The maximum atomic E-state index is 13.2. The number of nitrogens with one attached hydrogen (secondary N) is 2. The lowest BCUT2D eigenvalue weighted by Crippen LogP contribution is -2.64. The van der Waals surface area contributed by atoms with Gasteiger partial charge in [-0.25, -0.2) is 9.59 Å². The predicted octanol–water partition coefficient (Wildman–Crippen LogP) is 0.869. The molecule has 1 fully saturated rings. The van der Waals surface area contributed by atoms with Crippen LogP contribution in [0.2, 0.25) is 0 Å². The fraction of sp³-hybridized carbons (Fsp3) is 0.600. The van der Waals surface area contributed by atoms with E-state index >= 15 is 0 Å². The fourth-order valence-corrected chi connectivity index (χ4v) is 4.22. The van der Waals surface area contributed by atoms with Crippen molar-refractivity contribution in [3.05, 3.63) is 29.3 Å². The van der Waals surface area contributed by atoms with Crippen LogP contribution in [0.1, 0.15) is 63.9 Å². The van der Waals surface area contributed by atoms with E-state index in [9.17, 15) is 33.9 Å². The Labute approximate surface area is 271 Å². The zero-order valence-corrected chi connectivity index (χ0v) is 27.3. The maximum absolute atomic E-state index is 13.2. The smallest absolute Gasteiger partial charge is 0.409 e. The molecule has 1 aliphatic heterocycles. The van der Waals surface area contributed by atoms with Crippen molar-refractivity contribution in [3.63, 3.8) is 0 Å². The van der Waals surface area contributed by atoms with Crippen LogP contribution in [0.25, 0.3) is 0 Å². The van der Waals surface area contributed by atoms with Gasteiger partial charge in [0.25, 0.3) is 5.91 Å². The zero-order valence-electron chi connectivity index (χ0n) is 27.3. The molecule has 5 atom stereocenters. The monoisotopic (exact) mass is 670 g/mol. The molecule has 1 saturated heterocycles. The standard InChI is InChI=1S/C30H42N2O15/c1-16(34)42-22-23(43-17(2)35)25(44-18(3)36)28(46-24(22)27(38)40-7)45-21-10-9-19(14-33)13-20(21)26(37)31-11-8-12-41-15-32-29(39)47-30(4,5)6/h9-10,13,22-25,28,33H,8,11-12,14-15H2,1-7H3,(H,31,37)(H,32,39)/t22-,23-,24-,25+,28+/m0/s1. The van der Waals surface area contributed by atoms with Crippen LogP contribution in [0, 0.1) is 0 Å². The quantitative estimate of drug-likeness (QED) is 0.108. The summed E-state index contributed by atoms with van der Waals surface area (Å²) in [7, 11) is 1.05. The molecule has 1 aromatic rings. The van der Waals surface area contributed by atoms with Crippen LogP contribution in [0.5, 0.6) is 5.75 Å². The second kappa shape index (κ2) is 18.0. The van der Waals surface area contributed by atoms with E-state index in [0.717, 1.165) is 27.9 Å². The molecule has 2 amide bonds. The largest absolute Gasteiger partial charge is 0.467 e. The van der Waals surface area contributed by atoms with Crippen molar-refractivity contribution in [2.45, 2.75) is 90.9 Å². The number of ether oxygens (including phenoxy) is 8. The summed E-state index contributed by atoms with van der Waals surface area (Å²) < 4.78 is 42.9. The highest BCUT2D eigenvalue weighted by Crippen LogP contribution is 2.32. The van der Waals surface area contributed by atoms with Gasteiger partial charge in [0.05, 0.1) is 25.9 Å². The molecule has 0 spiro atoms. The number of esters is 4. The second-order valence-electron chi connectivity index (χ2n) is 11.1. The third-order valence-corrected chi connectivity index (χ3v) is 6.02. The summed E-state index contributed by atoms with van der Waals surface area (Å²) in [5.41, 5.74) is -0.385. The summed E-state index contributed by atoms with van der Waals surface area (Å²) in [5, 5.41) is 14.8. The lowest BCUT2D eigenvalue weighted by Gasteiger charge is -2.43. The highest BCUT2D eigenvalue weighted by molar-refractivity contribution is 5.97. The molecular formula is C30H42N2O15. The van der Waals surface area contributed by atoms with E-state index in [1.165, 1.54) is 18.2 Å². The van der Waals surface area contributed by atoms with Gasteiger partial charge in [0.2, 0.25) is 12.4 Å². The summed E-state index contributed by atoms with van der Waals surface area (Å²) in [5.74, 6) is -4.39. The molecule has 17 nitrogen and oxygen atoms in total. The van der Waals surface area contributed by atoms with Gasteiger partial charge < -0.3 is 48.3 Å². The van der Waals surface area contributed by atoms with Crippen molar-refractivity contribution in [1.29, 1.82) is 0 Å². The van der Waals surface area contributed by atoms with E-state index in [4.69, 9.17) is 37.9 Å². The summed E-state index contributed by atoms with van der Waals surface area (Å²) in [6.07, 6.45) is -8.49. The highest BCUT2D eigenvalue weighted by atomic mass is 16.7. The molecule has 3 N–H and O–H groups in total.